The van der Waals surface area contributed by atoms with Gasteiger partial charge in [0.2, 0.25) is 0 Å². The van der Waals surface area contributed by atoms with Gasteiger partial charge in [0.05, 0.1) is 0 Å². The molecule has 3 nitrogen and oxygen atoms in total. The maximum atomic E-state index is 11.2. The lowest BCUT2D eigenvalue weighted by molar-refractivity contribution is 0.111. The molecule has 25 heavy (non-hydrogen) atoms. The molecule has 0 spiro atoms. The summed E-state index contributed by atoms with van der Waals surface area (Å²) in [6.07, 6.45) is 6.60. The van der Waals surface area contributed by atoms with Gasteiger partial charge in [-0.15, -0.1) is 0 Å². The number of nitrogens with zero attached hydrogens (tertiary/aromatic N) is 1. The predicted molar refractivity (Wildman–Crippen MR) is 104 cm³/mol. The van der Waals surface area contributed by atoms with Crippen molar-refractivity contribution >= 4 is 34.4 Å². The average Bonchev–Trinajstić information content (AvgIpc) is 2.97. The molecule has 0 saturated heterocycles. The molecule has 1 aromatic heterocycles. The van der Waals surface area contributed by atoms with Gasteiger partial charge in [-0.3, -0.25) is 9.59 Å². The van der Waals surface area contributed by atoms with E-state index in [2.05, 4.69) is 18.4 Å². The molecule has 3 heteroatoms. The molecule has 0 fully saturated rings. The Labute approximate surface area is 148 Å². The Balaban J connectivity index is 2.17. The molecule has 0 aliphatic carbocycles. The highest BCUT2D eigenvalue weighted by molar-refractivity contribution is 6.10. The Bertz CT molecular complexity index is 842. The van der Waals surface area contributed by atoms with Crippen molar-refractivity contribution in [1.29, 1.82) is 0 Å². The highest BCUT2D eigenvalue weighted by Crippen LogP contribution is 2.32. The fourth-order valence-electron chi connectivity index (χ4n) is 3.66. The summed E-state index contributed by atoms with van der Waals surface area (Å²) in [5, 5.41) is 2.10. The van der Waals surface area contributed by atoms with Crippen molar-refractivity contribution in [3.05, 3.63) is 47.5 Å². The third-order valence-electron chi connectivity index (χ3n) is 5.17. The number of hydrogen-bond donors (Lipinski definition) is 0. The van der Waals surface area contributed by atoms with Crippen LogP contribution in [0.5, 0.6) is 0 Å². The SMILES string of the molecule is CCCCC(CC)Cn1c2ccc(C=O)cc2c2cc(C=O)ccc21. The van der Waals surface area contributed by atoms with E-state index in [4.69, 9.17) is 0 Å². The molecule has 0 radical (unpaired) electrons. The molecule has 0 aliphatic rings. The first-order valence-electron chi connectivity index (χ1n) is 9.18. The summed E-state index contributed by atoms with van der Waals surface area (Å²) in [4.78, 5) is 22.4. The number of carbonyl (C=O) groups excluding carboxylic acids is 2. The zero-order chi connectivity index (χ0) is 17.8. The summed E-state index contributed by atoms with van der Waals surface area (Å²) in [5.41, 5.74) is 3.61. The van der Waals surface area contributed by atoms with Crippen LogP contribution in [0.3, 0.4) is 0 Å². The number of benzene rings is 2. The number of aldehydes is 2. The van der Waals surface area contributed by atoms with Crippen molar-refractivity contribution in [2.75, 3.05) is 0 Å². The van der Waals surface area contributed by atoms with Crippen LogP contribution in [0.2, 0.25) is 0 Å². The molecule has 3 aromatic rings. The summed E-state index contributed by atoms with van der Waals surface area (Å²) in [5.74, 6) is 0.634. The first-order chi connectivity index (χ1) is 12.2. The second-order valence-electron chi connectivity index (χ2n) is 6.82. The van der Waals surface area contributed by atoms with E-state index in [0.717, 1.165) is 47.3 Å². The van der Waals surface area contributed by atoms with E-state index in [1.54, 1.807) is 0 Å². The summed E-state index contributed by atoms with van der Waals surface area (Å²) in [6, 6.07) is 11.7. The van der Waals surface area contributed by atoms with Gasteiger partial charge in [0, 0.05) is 39.5 Å². The van der Waals surface area contributed by atoms with Gasteiger partial charge in [-0.1, -0.05) is 33.1 Å². The first-order valence-corrected chi connectivity index (χ1v) is 9.18. The third-order valence-corrected chi connectivity index (χ3v) is 5.17. The van der Waals surface area contributed by atoms with Gasteiger partial charge < -0.3 is 4.57 Å². The molecule has 0 saturated carbocycles. The van der Waals surface area contributed by atoms with Gasteiger partial charge >= 0.3 is 0 Å². The van der Waals surface area contributed by atoms with Gasteiger partial charge in [0.25, 0.3) is 0 Å². The zero-order valence-electron chi connectivity index (χ0n) is 15.0. The number of aromatic nitrogens is 1. The minimum atomic E-state index is 0.634. The molecule has 0 bridgehead atoms. The predicted octanol–water partition coefficient (Wildman–Crippen LogP) is 5.64. The van der Waals surface area contributed by atoms with Gasteiger partial charge in [0.15, 0.2) is 0 Å². The standard InChI is InChI=1S/C22H25NO2/c1-3-5-6-16(4-2)13-23-21-9-7-17(14-24)11-19(21)20-12-18(15-25)8-10-22(20)23/h7-12,14-16H,3-6,13H2,1-2H3. The van der Waals surface area contributed by atoms with Gasteiger partial charge in [-0.05, 0) is 48.7 Å². The monoisotopic (exact) mass is 335 g/mol. The number of rotatable bonds is 8. The molecule has 3 rings (SSSR count). The normalized spacial score (nSPS) is 12.6. The second kappa shape index (κ2) is 7.64. The van der Waals surface area contributed by atoms with E-state index >= 15 is 0 Å². The average molecular weight is 335 g/mol. The maximum absolute atomic E-state index is 11.2. The minimum absolute atomic E-state index is 0.634. The van der Waals surface area contributed by atoms with Crippen molar-refractivity contribution in [2.24, 2.45) is 5.92 Å². The van der Waals surface area contributed by atoms with Gasteiger partial charge in [0.1, 0.15) is 12.6 Å². The van der Waals surface area contributed by atoms with Crippen LogP contribution < -0.4 is 0 Å². The lowest BCUT2D eigenvalue weighted by atomic mass is 9.99. The minimum Gasteiger partial charge on any atom is -0.340 e. The molecule has 1 heterocycles. The molecule has 0 aliphatic heterocycles. The summed E-state index contributed by atoms with van der Waals surface area (Å²) in [7, 11) is 0. The smallest absolute Gasteiger partial charge is 0.150 e. The van der Waals surface area contributed by atoms with Crippen molar-refractivity contribution in [3.63, 3.8) is 0 Å². The molecule has 0 N–H and O–H groups in total. The van der Waals surface area contributed by atoms with Crippen LogP contribution in [-0.4, -0.2) is 17.1 Å². The van der Waals surface area contributed by atoms with E-state index < -0.39 is 0 Å². The number of hydrogen-bond acceptors (Lipinski definition) is 2. The Hall–Kier alpha value is -2.42. The molecule has 2 aromatic carbocycles. The Morgan fingerprint density at radius 1 is 0.920 bits per heavy atom. The summed E-state index contributed by atoms with van der Waals surface area (Å²) < 4.78 is 2.36. The zero-order valence-corrected chi connectivity index (χ0v) is 15.0. The topological polar surface area (TPSA) is 39.1 Å². The van der Waals surface area contributed by atoms with Crippen LogP contribution in [0.25, 0.3) is 21.8 Å². The highest BCUT2D eigenvalue weighted by atomic mass is 16.1. The van der Waals surface area contributed by atoms with Gasteiger partial charge in [-0.2, -0.15) is 0 Å². The first kappa shape index (κ1) is 17.4. The maximum Gasteiger partial charge on any atom is 0.150 e. The van der Waals surface area contributed by atoms with Crippen LogP contribution in [-0.2, 0) is 6.54 Å². The largest absolute Gasteiger partial charge is 0.340 e. The Morgan fingerprint density at radius 3 is 1.92 bits per heavy atom. The lowest BCUT2D eigenvalue weighted by Crippen LogP contribution is -2.10. The number of unbranched alkanes of at least 4 members (excludes halogenated alkanes) is 1. The summed E-state index contributed by atoms with van der Waals surface area (Å²) in [6.45, 7) is 5.45. The summed E-state index contributed by atoms with van der Waals surface area (Å²) >= 11 is 0. The Kier molecular flexibility index (Phi) is 5.32. The molecule has 0 amide bonds. The molecule has 130 valence electrons. The van der Waals surface area contributed by atoms with E-state index in [1.807, 2.05) is 36.4 Å². The van der Waals surface area contributed by atoms with Crippen molar-refractivity contribution in [1.82, 2.24) is 4.57 Å². The van der Waals surface area contributed by atoms with Crippen LogP contribution in [0.15, 0.2) is 36.4 Å². The molecule has 1 atom stereocenters. The fraction of sp³-hybridized carbons (Fsp3) is 0.364. The van der Waals surface area contributed by atoms with Crippen LogP contribution in [0.4, 0.5) is 0 Å². The van der Waals surface area contributed by atoms with E-state index in [9.17, 15) is 9.59 Å². The van der Waals surface area contributed by atoms with Crippen LogP contribution >= 0.6 is 0 Å². The number of carbonyl (C=O) groups is 2. The van der Waals surface area contributed by atoms with E-state index in [0.29, 0.717) is 17.0 Å². The quantitative estimate of drug-likeness (QED) is 0.500. The van der Waals surface area contributed by atoms with Gasteiger partial charge in [-0.25, -0.2) is 0 Å². The van der Waals surface area contributed by atoms with E-state index in [-0.39, 0.29) is 0 Å². The van der Waals surface area contributed by atoms with Crippen molar-refractivity contribution in [3.8, 4) is 0 Å². The van der Waals surface area contributed by atoms with Crippen molar-refractivity contribution < 1.29 is 9.59 Å². The van der Waals surface area contributed by atoms with Crippen LogP contribution in [0, 0.1) is 5.92 Å². The number of fused-ring (bicyclic) bond motifs is 3. The fourth-order valence-corrected chi connectivity index (χ4v) is 3.66. The highest BCUT2D eigenvalue weighted by Gasteiger charge is 2.15. The molecular formula is C22H25NO2. The van der Waals surface area contributed by atoms with Crippen LogP contribution in [0.1, 0.15) is 60.2 Å². The lowest BCUT2D eigenvalue weighted by Gasteiger charge is -2.17. The second-order valence-corrected chi connectivity index (χ2v) is 6.82. The molecule has 1 unspecified atom stereocenters. The van der Waals surface area contributed by atoms with E-state index in [1.165, 1.54) is 19.3 Å². The molecular weight excluding hydrogens is 310 g/mol. The van der Waals surface area contributed by atoms with Crippen molar-refractivity contribution in [2.45, 2.75) is 46.1 Å². The Morgan fingerprint density at radius 2 is 1.48 bits per heavy atom. The third kappa shape index (κ3) is 3.37.